The van der Waals surface area contributed by atoms with E-state index in [1.807, 2.05) is 18.3 Å². The van der Waals surface area contributed by atoms with Gasteiger partial charge >= 0.3 is 0 Å². The lowest BCUT2D eigenvalue weighted by molar-refractivity contribution is 0.285. The number of benzene rings is 1. The fourth-order valence-electron chi connectivity index (χ4n) is 1.99. The molecule has 0 spiro atoms. The molecule has 3 rings (SSSR count). The van der Waals surface area contributed by atoms with Crippen molar-refractivity contribution < 1.29 is 4.74 Å². The van der Waals surface area contributed by atoms with Gasteiger partial charge in [0.25, 0.3) is 0 Å². The number of aromatic nitrogens is 1. The van der Waals surface area contributed by atoms with Crippen LogP contribution in [0.15, 0.2) is 58.8 Å². The monoisotopic (exact) mass is 265 g/mol. The van der Waals surface area contributed by atoms with Gasteiger partial charge in [0, 0.05) is 18.6 Å². The number of aliphatic imine (C=N–C) groups is 2. The molecule has 100 valence electrons. The number of nitrogens with zero attached hydrogens (tertiary/aromatic N) is 3. The van der Waals surface area contributed by atoms with Gasteiger partial charge < -0.3 is 4.74 Å². The van der Waals surface area contributed by atoms with Gasteiger partial charge in [-0.25, -0.2) is 4.99 Å². The van der Waals surface area contributed by atoms with Crippen molar-refractivity contribution in [1.82, 2.24) is 4.98 Å². The smallest absolute Gasteiger partial charge is 0.190 e. The molecule has 1 aliphatic heterocycles. The van der Waals surface area contributed by atoms with Gasteiger partial charge in [0.1, 0.15) is 13.3 Å². The minimum Gasteiger partial charge on any atom is -0.476 e. The average molecular weight is 265 g/mol. The summed E-state index contributed by atoms with van der Waals surface area (Å²) in [5.74, 6) is 0.762. The average Bonchev–Trinajstić information content (AvgIpc) is 2.55. The van der Waals surface area contributed by atoms with E-state index in [-0.39, 0.29) is 0 Å². The number of pyridine rings is 1. The minimum atomic E-state index is 0.482. The SMILES string of the molecule is C1=NCN=C(OCc2ccc(-c3ccncc3)cc2)C1. The molecule has 20 heavy (non-hydrogen) atoms. The highest BCUT2D eigenvalue weighted by Gasteiger charge is 2.03. The largest absolute Gasteiger partial charge is 0.476 e. The molecule has 1 aromatic carbocycles. The van der Waals surface area contributed by atoms with Crippen LogP contribution in [-0.4, -0.2) is 23.8 Å². The maximum Gasteiger partial charge on any atom is 0.190 e. The summed E-state index contributed by atoms with van der Waals surface area (Å²) >= 11 is 0. The van der Waals surface area contributed by atoms with Crippen molar-refractivity contribution in [3.8, 4) is 11.1 Å². The van der Waals surface area contributed by atoms with E-state index in [9.17, 15) is 0 Å². The quantitative estimate of drug-likeness (QED) is 0.856. The van der Waals surface area contributed by atoms with Crippen LogP contribution in [0.3, 0.4) is 0 Å². The van der Waals surface area contributed by atoms with Crippen LogP contribution in [0.4, 0.5) is 0 Å². The zero-order chi connectivity index (χ0) is 13.6. The maximum atomic E-state index is 5.66. The Kier molecular flexibility index (Phi) is 3.83. The predicted molar refractivity (Wildman–Crippen MR) is 79.9 cm³/mol. The molecule has 0 aliphatic carbocycles. The Balaban J connectivity index is 1.63. The Morgan fingerprint density at radius 3 is 2.40 bits per heavy atom. The van der Waals surface area contributed by atoms with E-state index in [0.717, 1.165) is 11.5 Å². The predicted octanol–water partition coefficient (Wildman–Crippen LogP) is 3.10. The van der Waals surface area contributed by atoms with Crippen molar-refractivity contribution in [2.45, 2.75) is 13.0 Å². The molecule has 0 saturated heterocycles. The Bertz CT molecular complexity index is 618. The van der Waals surface area contributed by atoms with E-state index in [1.165, 1.54) is 11.1 Å². The van der Waals surface area contributed by atoms with Gasteiger partial charge in [0.05, 0.1) is 6.42 Å². The lowest BCUT2D eigenvalue weighted by Gasteiger charge is -2.10. The molecule has 0 atom stereocenters. The zero-order valence-corrected chi connectivity index (χ0v) is 11.1. The molecule has 0 radical (unpaired) electrons. The molecule has 2 aromatic rings. The molecule has 1 aliphatic rings. The molecule has 0 N–H and O–H groups in total. The number of ether oxygens (including phenoxy) is 1. The lowest BCUT2D eigenvalue weighted by Crippen LogP contribution is -2.09. The van der Waals surface area contributed by atoms with Crippen LogP contribution in [0.5, 0.6) is 0 Å². The Morgan fingerprint density at radius 1 is 0.950 bits per heavy atom. The Morgan fingerprint density at radius 2 is 1.70 bits per heavy atom. The summed E-state index contributed by atoms with van der Waals surface area (Å²) in [6, 6.07) is 12.3. The fraction of sp³-hybridized carbons (Fsp3) is 0.188. The van der Waals surface area contributed by atoms with Crippen molar-refractivity contribution in [3.63, 3.8) is 0 Å². The highest BCUT2D eigenvalue weighted by atomic mass is 16.5. The molecule has 1 aromatic heterocycles. The minimum absolute atomic E-state index is 0.482. The second-order valence-corrected chi connectivity index (χ2v) is 4.48. The lowest BCUT2D eigenvalue weighted by atomic mass is 10.1. The number of hydrogen-bond donors (Lipinski definition) is 0. The van der Waals surface area contributed by atoms with E-state index < -0.39 is 0 Å². The molecule has 0 bridgehead atoms. The first-order valence-corrected chi connectivity index (χ1v) is 6.55. The second kappa shape index (κ2) is 6.10. The molecule has 0 fully saturated rings. The standard InChI is InChI=1S/C16H15N3O/c1-3-14(15-5-8-17-9-6-15)4-2-13(1)11-20-16-7-10-18-12-19-16/h1-6,8-10H,7,11-12H2. The molecule has 0 saturated carbocycles. The summed E-state index contributed by atoms with van der Waals surface area (Å²) in [6.45, 7) is 1.03. The van der Waals surface area contributed by atoms with Gasteiger partial charge in [-0.05, 0) is 28.8 Å². The molecule has 0 amide bonds. The third-order valence-electron chi connectivity index (χ3n) is 3.10. The van der Waals surface area contributed by atoms with Crippen LogP contribution in [0.25, 0.3) is 11.1 Å². The fourth-order valence-corrected chi connectivity index (χ4v) is 1.99. The van der Waals surface area contributed by atoms with E-state index in [1.54, 1.807) is 12.4 Å². The van der Waals surface area contributed by atoms with Gasteiger partial charge in [0.15, 0.2) is 5.90 Å². The first-order chi connectivity index (χ1) is 9.92. The topological polar surface area (TPSA) is 46.8 Å². The summed E-state index contributed by atoms with van der Waals surface area (Å²) in [5, 5.41) is 0. The number of hydrogen-bond acceptors (Lipinski definition) is 4. The Labute approximate surface area is 117 Å². The van der Waals surface area contributed by atoms with Gasteiger partial charge in [-0.15, -0.1) is 0 Å². The third kappa shape index (κ3) is 3.09. The van der Waals surface area contributed by atoms with Crippen molar-refractivity contribution in [1.29, 1.82) is 0 Å². The van der Waals surface area contributed by atoms with Gasteiger partial charge in [-0.2, -0.15) is 0 Å². The Hall–Kier alpha value is -2.49. The first kappa shape index (κ1) is 12.5. The van der Waals surface area contributed by atoms with E-state index in [2.05, 4.69) is 39.2 Å². The van der Waals surface area contributed by atoms with Crippen LogP contribution >= 0.6 is 0 Å². The van der Waals surface area contributed by atoms with Crippen LogP contribution in [0, 0.1) is 0 Å². The highest BCUT2D eigenvalue weighted by molar-refractivity contribution is 5.91. The van der Waals surface area contributed by atoms with Crippen molar-refractivity contribution >= 4 is 12.1 Å². The van der Waals surface area contributed by atoms with E-state index >= 15 is 0 Å². The van der Waals surface area contributed by atoms with E-state index in [0.29, 0.717) is 19.7 Å². The second-order valence-electron chi connectivity index (χ2n) is 4.48. The van der Waals surface area contributed by atoms with Gasteiger partial charge in [-0.3, -0.25) is 9.98 Å². The zero-order valence-electron chi connectivity index (χ0n) is 11.1. The van der Waals surface area contributed by atoms with Crippen molar-refractivity contribution in [3.05, 3.63) is 54.4 Å². The normalized spacial score (nSPS) is 13.9. The highest BCUT2D eigenvalue weighted by Crippen LogP contribution is 2.19. The summed E-state index contributed by atoms with van der Waals surface area (Å²) in [5.41, 5.74) is 3.48. The number of rotatable bonds is 3. The molecule has 4 heteroatoms. The van der Waals surface area contributed by atoms with Crippen molar-refractivity contribution in [2.75, 3.05) is 6.67 Å². The maximum absolute atomic E-state index is 5.66. The molecule has 4 nitrogen and oxygen atoms in total. The summed E-state index contributed by atoms with van der Waals surface area (Å²) in [4.78, 5) is 12.3. The summed E-state index contributed by atoms with van der Waals surface area (Å²) in [7, 11) is 0. The van der Waals surface area contributed by atoms with Crippen LogP contribution in [0.1, 0.15) is 12.0 Å². The van der Waals surface area contributed by atoms with Crippen molar-refractivity contribution in [2.24, 2.45) is 9.98 Å². The third-order valence-corrected chi connectivity index (χ3v) is 3.10. The summed E-state index contributed by atoms with van der Waals surface area (Å²) < 4.78 is 5.66. The molecular weight excluding hydrogens is 250 g/mol. The van der Waals surface area contributed by atoms with E-state index in [4.69, 9.17) is 4.74 Å². The molecular formula is C16H15N3O. The van der Waals surface area contributed by atoms with Crippen LogP contribution in [0.2, 0.25) is 0 Å². The van der Waals surface area contributed by atoms with Crippen LogP contribution < -0.4 is 0 Å². The molecule has 2 heterocycles. The summed E-state index contributed by atoms with van der Waals surface area (Å²) in [6.07, 6.45) is 6.13. The molecule has 0 unspecified atom stereocenters. The van der Waals surface area contributed by atoms with Crippen LogP contribution in [-0.2, 0) is 11.3 Å². The van der Waals surface area contributed by atoms with Gasteiger partial charge in [0.2, 0.25) is 0 Å². The first-order valence-electron chi connectivity index (χ1n) is 6.55. The van der Waals surface area contributed by atoms with Gasteiger partial charge in [-0.1, -0.05) is 24.3 Å².